The van der Waals surface area contributed by atoms with Gasteiger partial charge in [0.2, 0.25) is 5.91 Å². The van der Waals surface area contributed by atoms with E-state index >= 15 is 0 Å². The number of hydrogen-bond donors (Lipinski definition) is 1. The minimum absolute atomic E-state index is 0.167. The number of nitrogens with zero attached hydrogens (tertiary/aromatic N) is 4. The van der Waals surface area contributed by atoms with Crippen LogP contribution in [-0.4, -0.2) is 25.2 Å². The Balaban J connectivity index is 1.93. The molecule has 2 heterocycles. The van der Waals surface area contributed by atoms with Crippen molar-refractivity contribution in [1.29, 1.82) is 0 Å². The van der Waals surface area contributed by atoms with Gasteiger partial charge >= 0.3 is 0 Å². The van der Waals surface area contributed by atoms with Crippen LogP contribution < -0.4 is 11.3 Å². The lowest BCUT2D eigenvalue weighted by Gasteiger charge is -2.13. The highest BCUT2D eigenvalue weighted by Gasteiger charge is 2.19. The fraction of sp³-hybridized carbons (Fsp3) is 0.200. The van der Waals surface area contributed by atoms with E-state index in [-0.39, 0.29) is 5.56 Å². The number of amides is 1. The van der Waals surface area contributed by atoms with E-state index in [0.717, 1.165) is 5.69 Å². The van der Waals surface area contributed by atoms with Crippen LogP contribution >= 0.6 is 0 Å². The molecule has 0 spiro atoms. The number of hydrogen-bond acceptors (Lipinski definition) is 4. The third kappa shape index (κ3) is 3.67. The Bertz CT molecular complexity index is 1440. The third-order valence-corrected chi connectivity index (χ3v) is 5.45. The van der Waals surface area contributed by atoms with Gasteiger partial charge in [0.1, 0.15) is 5.82 Å². The minimum Gasteiger partial charge on any atom is -0.369 e. The fourth-order valence-electron chi connectivity index (χ4n) is 3.79. The predicted octanol–water partition coefficient (Wildman–Crippen LogP) is 2.67. The van der Waals surface area contributed by atoms with Crippen molar-refractivity contribution in [3.63, 3.8) is 0 Å². The van der Waals surface area contributed by atoms with Crippen molar-refractivity contribution >= 4 is 16.8 Å². The predicted molar refractivity (Wildman–Crippen MR) is 124 cm³/mol. The number of primary amides is 1. The van der Waals surface area contributed by atoms with E-state index in [1.165, 1.54) is 0 Å². The Morgan fingerprint density at radius 2 is 1.81 bits per heavy atom. The summed E-state index contributed by atoms with van der Waals surface area (Å²) < 4.78 is 3.23. The molecule has 2 aromatic carbocycles. The highest BCUT2D eigenvalue weighted by Crippen LogP contribution is 2.20. The van der Waals surface area contributed by atoms with Gasteiger partial charge in [0.25, 0.3) is 5.56 Å². The standard InChI is InChI=1S/C25H23N5O2/c1-4-21-28-20-12-8-9-17(22(20)25(32)30(21)19-10-6-5-7-11-19)13-14-18-15-27-29(3)23(18)16(2)24(26)31/h5-12,15-16H,4H2,1-3H3,(H2,26,31). The van der Waals surface area contributed by atoms with Gasteiger partial charge in [0.05, 0.1) is 40.0 Å². The van der Waals surface area contributed by atoms with Crippen LogP contribution in [0.25, 0.3) is 16.6 Å². The molecule has 7 heteroatoms. The number of fused-ring (bicyclic) bond motifs is 1. The molecule has 0 saturated carbocycles. The second-order valence-corrected chi connectivity index (χ2v) is 7.50. The zero-order valence-electron chi connectivity index (χ0n) is 18.2. The summed E-state index contributed by atoms with van der Waals surface area (Å²) in [6.07, 6.45) is 2.21. The van der Waals surface area contributed by atoms with Crippen LogP contribution in [0.4, 0.5) is 0 Å². The van der Waals surface area contributed by atoms with Crippen LogP contribution in [0, 0.1) is 11.8 Å². The summed E-state index contributed by atoms with van der Waals surface area (Å²) in [5.74, 6) is 5.87. The molecule has 0 aliphatic rings. The molecule has 4 aromatic rings. The Hall–Kier alpha value is -4.18. The molecule has 1 atom stereocenters. The molecule has 1 amide bonds. The normalized spacial score (nSPS) is 11.7. The number of aromatic nitrogens is 4. The van der Waals surface area contributed by atoms with Crippen molar-refractivity contribution in [1.82, 2.24) is 19.3 Å². The average molecular weight is 425 g/mol. The monoisotopic (exact) mass is 425 g/mol. The lowest BCUT2D eigenvalue weighted by molar-refractivity contribution is -0.119. The van der Waals surface area contributed by atoms with Crippen LogP contribution in [0.1, 0.15) is 42.4 Å². The van der Waals surface area contributed by atoms with Crippen LogP contribution in [0.15, 0.2) is 59.5 Å². The van der Waals surface area contributed by atoms with Gasteiger partial charge in [-0.15, -0.1) is 0 Å². The van der Waals surface area contributed by atoms with Gasteiger partial charge < -0.3 is 5.73 Å². The van der Waals surface area contributed by atoms with Gasteiger partial charge in [0.15, 0.2) is 0 Å². The van der Waals surface area contributed by atoms with Crippen LogP contribution in [0.3, 0.4) is 0 Å². The molecule has 32 heavy (non-hydrogen) atoms. The molecule has 4 rings (SSSR count). The van der Waals surface area contributed by atoms with Crippen molar-refractivity contribution < 1.29 is 4.79 Å². The Kier molecular flexibility index (Phi) is 5.61. The molecular weight excluding hydrogens is 402 g/mol. The maximum atomic E-state index is 13.6. The highest BCUT2D eigenvalue weighted by molar-refractivity contribution is 5.85. The number of nitrogens with two attached hydrogens (primary N) is 1. The molecule has 7 nitrogen and oxygen atoms in total. The average Bonchev–Trinajstić information content (AvgIpc) is 3.17. The molecule has 2 aromatic heterocycles. The minimum atomic E-state index is -0.539. The van der Waals surface area contributed by atoms with Crippen LogP contribution in [0.2, 0.25) is 0 Å². The molecule has 160 valence electrons. The first-order chi connectivity index (χ1) is 15.4. The van der Waals surface area contributed by atoms with E-state index in [4.69, 9.17) is 10.7 Å². The van der Waals surface area contributed by atoms with Crippen molar-refractivity contribution in [2.24, 2.45) is 12.8 Å². The molecule has 1 unspecified atom stereocenters. The number of carbonyl (C=O) groups is 1. The first kappa shape index (κ1) is 21.1. The van der Waals surface area contributed by atoms with Gasteiger partial charge in [-0.3, -0.25) is 18.8 Å². The highest BCUT2D eigenvalue weighted by atomic mass is 16.1. The largest absolute Gasteiger partial charge is 0.369 e. The second kappa shape index (κ2) is 8.52. The lowest BCUT2D eigenvalue weighted by Crippen LogP contribution is -2.24. The number of aryl methyl sites for hydroxylation is 2. The lowest BCUT2D eigenvalue weighted by atomic mass is 10.0. The summed E-state index contributed by atoms with van der Waals surface area (Å²) in [5.41, 5.74) is 8.47. The van der Waals surface area contributed by atoms with Crippen LogP contribution in [-0.2, 0) is 18.3 Å². The maximum absolute atomic E-state index is 13.6. The third-order valence-electron chi connectivity index (χ3n) is 5.45. The van der Waals surface area contributed by atoms with Gasteiger partial charge in [-0.2, -0.15) is 5.10 Å². The number of rotatable bonds is 4. The topological polar surface area (TPSA) is 95.8 Å². The number of para-hydroxylation sites is 1. The first-order valence-electron chi connectivity index (χ1n) is 10.4. The second-order valence-electron chi connectivity index (χ2n) is 7.50. The van der Waals surface area contributed by atoms with Gasteiger partial charge in [-0.05, 0) is 31.2 Å². The zero-order valence-corrected chi connectivity index (χ0v) is 18.2. The molecule has 2 N–H and O–H groups in total. The van der Waals surface area contributed by atoms with Crippen molar-refractivity contribution in [2.75, 3.05) is 0 Å². The van der Waals surface area contributed by atoms with Crippen LogP contribution in [0.5, 0.6) is 0 Å². The van der Waals surface area contributed by atoms with E-state index < -0.39 is 11.8 Å². The van der Waals surface area contributed by atoms with Gasteiger partial charge in [-0.25, -0.2) is 4.98 Å². The quantitative estimate of drug-likeness (QED) is 0.509. The van der Waals surface area contributed by atoms with E-state index in [1.54, 1.807) is 35.5 Å². The molecule has 0 bridgehead atoms. The van der Waals surface area contributed by atoms with E-state index in [1.807, 2.05) is 49.4 Å². The summed E-state index contributed by atoms with van der Waals surface area (Å²) in [5, 5.41) is 4.67. The van der Waals surface area contributed by atoms with Gasteiger partial charge in [0, 0.05) is 19.0 Å². The smallest absolute Gasteiger partial charge is 0.267 e. The summed E-state index contributed by atoms with van der Waals surface area (Å²) in [7, 11) is 1.74. The number of benzene rings is 2. The van der Waals surface area contributed by atoms with Crippen molar-refractivity contribution in [3.8, 4) is 17.5 Å². The van der Waals surface area contributed by atoms with E-state index in [9.17, 15) is 9.59 Å². The summed E-state index contributed by atoms with van der Waals surface area (Å²) in [4.78, 5) is 30.0. The summed E-state index contributed by atoms with van der Waals surface area (Å²) in [6.45, 7) is 3.69. The van der Waals surface area contributed by atoms with Gasteiger partial charge in [-0.1, -0.05) is 43.0 Å². The van der Waals surface area contributed by atoms with E-state index in [0.29, 0.717) is 40.0 Å². The summed E-state index contributed by atoms with van der Waals surface area (Å²) in [6, 6.07) is 14.9. The first-order valence-corrected chi connectivity index (χ1v) is 10.4. The molecule has 0 fully saturated rings. The zero-order chi connectivity index (χ0) is 22.8. The molecule has 0 saturated heterocycles. The van der Waals surface area contributed by atoms with E-state index in [2.05, 4.69) is 16.9 Å². The Morgan fingerprint density at radius 3 is 2.50 bits per heavy atom. The fourth-order valence-corrected chi connectivity index (χ4v) is 3.79. The molecule has 0 aliphatic carbocycles. The Morgan fingerprint density at radius 1 is 1.09 bits per heavy atom. The van der Waals surface area contributed by atoms with Crippen molar-refractivity contribution in [2.45, 2.75) is 26.2 Å². The number of carbonyl (C=O) groups excluding carboxylic acids is 1. The summed E-state index contributed by atoms with van der Waals surface area (Å²) >= 11 is 0. The Labute approximate surface area is 185 Å². The maximum Gasteiger partial charge on any atom is 0.267 e. The van der Waals surface area contributed by atoms with Crippen molar-refractivity contribution in [3.05, 3.63) is 87.7 Å². The molecule has 0 radical (unpaired) electrons. The molecular formula is C25H23N5O2. The molecule has 0 aliphatic heterocycles. The SMILES string of the molecule is CCc1nc2cccc(C#Cc3cnn(C)c3C(C)C(N)=O)c2c(=O)n1-c1ccccc1.